The number of nitrogens with zero attached hydrogens (tertiary/aromatic N) is 1. The minimum absolute atomic E-state index is 0.00953. The molecule has 0 saturated carbocycles. The zero-order chi connectivity index (χ0) is 14.4. The molecule has 2 aromatic carbocycles. The molecule has 0 aliphatic carbocycles. The van der Waals surface area contributed by atoms with Gasteiger partial charge in [-0.2, -0.15) is 0 Å². The lowest BCUT2D eigenvalue weighted by atomic mass is 10.1. The molecule has 0 radical (unpaired) electrons. The van der Waals surface area contributed by atoms with Crippen molar-refractivity contribution in [2.75, 3.05) is 11.1 Å². The highest BCUT2D eigenvalue weighted by molar-refractivity contribution is 7.99. The molecule has 104 valence electrons. The second-order valence-corrected chi connectivity index (χ2v) is 5.96. The van der Waals surface area contributed by atoms with Crippen molar-refractivity contribution in [3.8, 4) is 0 Å². The van der Waals surface area contributed by atoms with Crippen LogP contribution in [0.5, 0.6) is 0 Å². The molecule has 2 heterocycles. The van der Waals surface area contributed by atoms with Crippen molar-refractivity contribution in [3.63, 3.8) is 0 Å². The number of aromatic amines is 1. The van der Waals surface area contributed by atoms with Gasteiger partial charge in [-0.25, -0.2) is 4.98 Å². The molecule has 0 unspecified atom stereocenters. The van der Waals surface area contributed by atoms with Gasteiger partial charge in [-0.1, -0.05) is 12.1 Å². The first-order chi connectivity index (χ1) is 10.2. The van der Waals surface area contributed by atoms with Crippen LogP contribution in [-0.2, 0) is 11.2 Å². The summed E-state index contributed by atoms with van der Waals surface area (Å²) in [7, 11) is 0. The molecule has 4 N–H and O–H groups in total. The highest BCUT2D eigenvalue weighted by Crippen LogP contribution is 2.37. The van der Waals surface area contributed by atoms with Gasteiger partial charge in [0.05, 0.1) is 17.5 Å². The number of benzene rings is 2. The van der Waals surface area contributed by atoms with Gasteiger partial charge in [-0.05, 0) is 41.6 Å². The Hall–Kier alpha value is -2.47. The number of carbonyl (C=O) groups is 1. The summed E-state index contributed by atoms with van der Waals surface area (Å²) in [4.78, 5) is 20.1. The van der Waals surface area contributed by atoms with Gasteiger partial charge in [0.1, 0.15) is 0 Å². The average molecular weight is 296 g/mol. The first kappa shape index (κ1) is 12.3. The van der Waals surface area contributed by atoms with Gasteiger partial charge in [0.2, 0.25) is 5.91 Å². The molecule has 0 spiro atoms. The van der Waals surface area contributed by atoms with E-state index >= 15 is 0 Å². The molecular weight excluding hydrogens is 284 g/mol. The number of H-pyrrole nitrogens is 1. The Morgan fingerprint density at radius 1 is 1.24 bits per heavy atom. The number of imidazole rings is 1. The second kappa shape index (κ2) is 4.53. The van der Waals surface area contributed by atoms with Crippen molar-refractivity contribution in [2.24, 2.45) is 0 Å². The number of carbonyl (C=O) groups excluding carboxylic acids is 1. The smallest absolute Gasteiger partial charge is 0.228 e. The van der Waals surface area contributed by atoms with E-state index in [4.69, 9.17) is 5.73 Å². The van der Waals surface area contributed by atoms with Crippen LogP contribution in [0.4, 0.5) is 11.4 Å². The molecule has 1 aliphatic rings. The minimum Gasteiger partial charge on any atom is -0.398 e. The van der Waals surface area contributed by atoms with Crippen LogP contribution in [0.1, 0.15) is 5.56 Å². The maximum absolute atomic E-state index is 11.4. The SMILES string of the molecule is Nc1cc2c(cc1Sc1nc3ccccc3[nH]1)NC(=O)C2. The predicted octanol–water partition coefficient (Wildman–Crippen LogP) is 2.79. The van der Waals surface area contributed by atoms with Crippen molar-refractivity contribution in [1.82, 2.24) is 9.97 Å². The largest absolute Gasteiger partial charge is 0.398 e. The van der Waals surface area contributed by atoms with Gasteiger partial charge < -0.3 is 16.0 Å². The number of amides is 1. The fourth-order valence-corrected chi connectivity index (χ4v) is 3.31. The van der Waals surface area contributed by atoms with Gasteiger partial charge in [0.15, 0.2) is 5.16 Å². The lowest BCUT2D eigenvalue weighted by molar-refractivity contribution is -0.115. The number of nitrogen functional groups attached to an aromatic ring is 1. The molecule has 0 bridgehead atoms. The van der Waals surface area contributed by atoms with Crippen LogP contribution in [0.2, 0.25) is 0 Å². The molecular formula is C15H12N4OS. The number of hydrogen-bond donors (Lipinski definition) is 3. The van der Waals surface area contributed by atoms with Gasteiger partial charge in [-0.15, -0.1) is 0 Å². The number of fused-ring (bicyclic) bond motifs is 2. The maximum Gasteiger partial charge on any atom is 0.228 e. The number of para-hydroxylation sites is 2. The third-order valence-corrected chi connectivity index (χ3v) is 4.40. The van der Waals surface area contributed by atoms with E-state index in [1.54, 1.807) is 0 Å². The van der Waals surface area contributed by atoms with Crippen LogP contribution < -0.4 is 11.1 Å². The zero-order valence-electron chi connectivity index (χ0n) is 11.0. The molecule has 5 nitrogen and oxygen atoms in total. The van der Waals surface area contributed by atoms with E-state index in [9.17, 15) is 4.79 Å². The molecule has 0 fully saturated rings. The highest BCUT2D eigenvalue weighted by Gasteiger charge is 2.20. The molecule has 0 saturated heterocycles. The van der Waals surface area contributed by atoms with Crippen molar-refractivity contribution in [2.45, 2.75) is 16.5 Å². The van der Waals surface area contributed by atoms with Crippen molar-refractivity contribution in [1.29, 1.82) is 0 Å². The number of anilines is 2. The van der Waals surface area contributed by atoms with Crippen LogP contribution in [0.25, 0.3) is 11.0 Å². The molecule has 1 aliphatic heterocycles. The van der Waals surface area contributed by atoms with Gasteiger partial charge >= 0.3 is 0 Å². The summed E-state index contributed by atoms with van der Waals surface area (Å²) < 4.78 is 0. The third kappa shape index (κ3) is 2.13. The standard InChI is InChI=1S/C15H12N4OS/c16-9-5-8-6-14(20)17-12(8)7-13(9)21-15-18-10-3-1-2-4-11(10)19-15/h1-5,7H,6,16H2,(H,17,20)(H,18,19). The maximum atomic E-state index is 11.4. The summed E-state index contributed by atoms with van der Waals surface area (Å²) in [5.41, 5.74) is 10.5. The lowest BCUT2D eigenvalue weighted by Crippen LogP contribution is -2.03. The molecule has 6 heteroatoms. The van der Waals surface area contributed by atoms with Crippen LogP contribution in [0.3, 0.4) is 0 Å². The highest BCUT2D eigenvalue weighted by atomic mass is 32.2. The number of nitrogens with two attached hydrogens (primary N) is 1. The number of aromatic nitrogens is 2. The Morgan fingerprint density at radius 3 is 2.95 bits per heavy atom. The summed E-state index contributed by atoms with van der Waals surface area (Å²) in [5.74, 6) is 0.00953. The number of hydrogen-bond acceptors (Lipinski definition) is 4. The van der Waals surface area contributed by atoms with Gasteiger partial charge in [0.25, 0.3) is 0 Å². The first-order valence-electron chi connectivity index (χ1n) is 6.54. The van der Waals surface area contributed by atoms with Crippen molar-refractivity contribution < 1.29 is 4.79 Å². The molecule has 3 aromatic rings. The van der Waals surface area contributed by atoms with Crippen LogP contribution in [0, 0.1) is 0 Å². The summed E-state index contributed by atoms with van der Waals surface area (Å²) >= 11 is 1.46. The van der Waals surface area contributed by atoms with E-state index in [1.165, 1.54) is 11.8 Å². The van der Waals surface area contributed by atoms with E-state index in [0.29, 0.717) is 12.1 Å². The zero-order valence-corrected chi connectivity index (χ0v) is 11.8. The van der Waals surface area contributed by atoms with Gasteiger partial charge in [-0.3, -0.25) is 4.79 Å². The number of rotatable bonds is 2. The Labute approximate surface area is 124 Å². The summed E-state index contributed by atoms with van der Waals surface area (Å²) in [6.07, 6.45) is 0.398. The molecule has 21 heavy (non-hydrogen) atoms. The third-order valence-electron chi connectivity index (χ3n) is 3.44. The van der Waals surface area contributed by atoms with Crippen LogP contribution in [-0.4, -0.2) is 15.9 Å². The summed E-state index contributed by atoms with van der Waals surface area (Å²) in [6, 6.07) is 11.6. The fourth-order valence-electron chi connectivity index (χ4n) is 2.44. The number of nitrogens with one attached hydrogen (secondary N) is 2. The molecule has 1 aromatic heterocycles. The second-order valence-electron chi connectivity index (χ2n) is 4.93. The monoisotopic (exact) mass is 296 g/mol. The Morgan fingerprint density at radius 2 is 2.10 bits per heavy atom. The lowest BCUT2D eigenvalue weighted by Gasteiger charge is -2.06. The molecule has 1 amide bonds. The van der Waals surface area contributed by atoms with E-state index in [0.717, 1.165) is 32.3 Å². The van der Waals surface area contributed by atoms with E-state index in [1.807, 2.05) is 36.4 Å². The molecule has 4 rings (SSSR count). The quantitative estimate of drug-likeness (QED) is 0.635. The van der Waals surface area contributed by atoms with E-state index < -0.39 is 0 Å². The van der Waals surface area contributed by atoms with Crippen molar-refractivity contribution in [3.05, 3.63) is 42.0 Å². The fraction of sp³-hybridized carbons (Fsp3) is 0.0667. The van der Waals surface area contributed by atoms with E-state index in [2.05, 4.69) is 15.3 Å². The predicted molar refractivity (Wildman–Crippen MR) is 83.4 cm³/mol. The van der Waals surface area contributed by atoms with Crippen molar-refractivity contribution >= 4 is 40.1 Å². The minimum atomic E-state index is 0.00953. The first-order valence-corrected chi connectivity index (χ1v) is 7.35. The van der Waals surface area contributed by atoms with Gasteiger partial charge in [0, 0.05) is 16.3 Å². The topological polar surface area (TPSA) is 83.8 Å². The van der Waals surface area contributed by atoms with Crippen LogP contribution >= 0.6 is 11.8 Å². The Kier molecular flexibility index (Phi) is 2.65. The Balaban J connectivity index is 1.71. The molecule has 0 atom stereocenters. The van der Waals surface area contributed by atoms with E-state index in [-0.39, 0.29) is 5.91 Å². The Bertz CT molecular complexity index is 838. The summed E-state index contributed by atoms with van der Waals surface area (Å²) in [5, 5.41) is 3.62. The van der Waals surface area contributed by atoms with Crippen LogP contribution in [0.15, 0.2) is 46.5 Å². The normalized spacial score (nSPS) is 13.4. The summed E-state index contributed by atoms with van der Waals surface area (Å²) in [6.45, 7) is 0. The average Bonchev–Trinajstić information content (AvgIpc) is 3.00.